The first-order valence-electron chi connectivity index (χ1n) is 5.22. The molecule has 1 unspecified atom stereocenters. The van der Waals surface area contributed by atoms with E-state index < -0.39 is 0 Å². The molecule has 0 spiro atoms. The van der Waals surface area contributed by atoms with E-state index in [0.29, 0.717) is 13.2 Å². The third-order valence-electron chi connectivity index (χ3n) is 2.34. The van der Waals surface area contributed by atoms with E-state index in [4.69, 9.17) is 9.47 Å². The topological polar surface area (TPSA) is 35.5 Å². The number of esters is 1. The molecule has 0 aromatic rings. The van der Waals surface area contributed by atoms with E-state index in [0.717, 1.165) is 6.42 Å². The Balaban J connectivity index is 3.85. The standard InChI is InChI=1S/C11H22O3/c1-6-11(4,5)10(12)14-8-9(3)13-7-2/h9H,6-8H2,1-5H3. The van der Waals surface area contributed by atoms with E-state index in [1.807, 2.05) is 34.6 Å². The smallest absolute Gasteiger partial charge is 0.311 e. The first kappa shape index (κ1) is 13.4. The summed E-state index contributed by atoms with van der Waals surface area (Å²) in [5, 5.41) is 0. The van der Waals surface area contributed by atoms with Crippen LogP contribution in [0.2, 0.25) is 0 Å². The molecule has 0 heterocycles. The zero-order chi connectivity index (χ0) is 11.2. The van der Waals surface area contributed by atoms with Gasteiger partial charge in [0.1, 0.15) is 6.61 Å². The van der Waals surface area contributed by atoms with Gasteiger partial charge in [-0.25, -0.2) is 0 Å². The molecule has 3 heteroatoms. The van der Waals surface area contributed by atoms with Crippen LogP contribution in [0.25, 0.3) is 0 Å². The van der Waals surface area contributed by atoms with Crippen molar-refractivity contribution in [1.29, 1.82) is 0 Å². The second kappa shape index (κ2) is 6.02. The molecule has 0 saturated heterocycles. The highest BCUT2D eigenvalue weighted by Gasteiger charge is 2.27. The number of rotatable bonds is 6. The van der Waals surface area contributed by atoms with E-state index in [9.17, 15) is 4.79 Å². The Kier molecular flexibility index (Phi) is 5.77. The van der Waals surface area contributed by atoms with Crippen molar-refractivity contribution < 1.29 is 14.3 Å². The lowest BCUT2D eigenvalue weighted by molar-refractivity contribution is -0.157. The van der Waals surface area contributed by atoms with Gasteiger partial charge in [0.15, 0.2) is 0 Å². The fraction of sp³-hybridized carbons (Fsp3) is 0.909. The Morgan fingerprint density at radius 3 is 2.36 bits per heavy atom. The minimum atomic E-state index is -0.383. The summed E-state index contributed by atoms with van der Waals surface area (Å²) >= 11 is 0. The molecule has 0 amide bonds. The average molecular weight is 202 g/mol. The molecule has 84 valence electrons. The predicted molar refractivity (Wildman–Crippen MR) is 56.1 cm³/mol. The van der Waals surface area contributed by atoms with Crippen molar-refractivity contribution in [3.8, 4) is 0 Å². The minimum Gasteiger partial charge on any atom is -0.463 e. The van der Waals surface area contributed by atoms with Crippen molar-refractivity contribution in [3.63, 3.8) is 0 Å². The number of hydrogen-bond donors (Lipinski definition) is 0. The van der Waals surface area contributed by atoms with Gasteiger partial charge >= 0.3 is 5.97 Å². The molecule has 0 aliphatic rings. The van der Waals surface area contributed by atoms with Gasteiger partial charge in [0.25, 0.3) is 0 Å². The van der Waals surface area contributed by atoms with Gasteiger partial charge in [-0.1, -0.05) is 6.92 Å². The summed E-state index contributed by atoms with van der Waals surface area (Å²) in [6.07, 6.45) is 0.770. The molecule has 0 bridgehead atoms. The molecule has 0 aromatic carbocycles. The van der Waals surface area contributed by atoms with Gasteiger partial charge in [0.05, 0.1) is 11.5 Å². The van der Waals surface area contributed by atoms with Gasteiger partial charge < -0.3 is 9.47 Å². The number of carbonyl (C=O) groups excluding carboxylic acids is 1. The van der Waals surface area contributed by atoms with Crippen LogP contribution in [0.15, 0.2) is 0 Å². The van der Waals surface area contributed by atoms with Crippen LogP contribution in [0.3, 0.4) is 0 Å². The third-order valence-corrected chi connectivity index (χ3v) is 2.34. The average Bonchev–Trinajstić information content (AvgIpc) is 2.14. The maximum Gasteiger partial charge on any atom is 0.311 e. The molecule has 0 aliphatic heterocycles. The van der Waals surface area contributed by atoms with Crippen molar-refractivity contribution in [2.24, 2.45) is 5.41 Å². The monoisotopic (exact) mass is 202 g/mol. The van der Waals surface area contributed by atoms with Crippen LogP contribution in [0.5, 0.6) is 0 Å². The Hall–Kier alpha value is -0.570. The van der Waals surface area contributed by atoms with E-state index in [1.54, 1.807) is 0 Å². The van der Waals surface area contributed by atoms with Crippen molar-refractivity contribution >= 4 is 5.97 Å². The Labute approximate surface area is 86.8 Å². The van der Waals surface area contributed by atoms with Crippen LogP contribution in [0.1, 0.15) is 41.0 Å². The lowest BCUT2D eigenvalue weighted by Gasteiger charge is -2.21. The highest BCUT2D eigenvalue weighted by Crippen LogP contribution is 2.21. The Bertz CT molecular complexity index is 175. The lowest BCUT2D eigenvalue weighted by atomic mass is 9.91. The summed E-state index contributed by atoms with van der Waals surface area (Å²) in [6, 6.07) is 0. The highest BCUT2D eigenvalue weighted by molar-refractivity contribution is 5.75. The Morgan fingerprint density at radius 1 is 1.36 bits per heavy atom. The quantitative estimate of drug-likeness (QED) is 0.620. The molecular formula is C11H22O3. The van der Waals surface area contributed by atoms with Crippen LogP contribution in [-0.2, 0) is 14.3 Å². The van der Waals surface area contributed by atoms with E-state index in [-0.39, 0.29) is 17.5 Å². The summed E-state index contributed by atoms with van der Waals surface area (Å²) < 4.78 is 10.4. The van der Waals surface area contributed by atoms with Crippen LogP contribution in [0, 0.1) is 5.41 Å². The minimum absolute atomic E-state index is 0.0170. The van der Waals surface area contributed by atoms with Crippen molar-refractivity contribution in [1.82, 2.24) is 0 Å². The van der Waals surface area contributed by atoms with Gasteiger partial charge in [-0.05, 0) is 34.1 Å². The Morgan fingerprint density at radius 2 is 1.93 bits per heavy atom. The summed E-state index contributed by atoms with van der Waals surface area (Å²) in [7, 11) is 0. The maximum absolute atomic E-state index is 11.5. The van der Waals surface area contributed by atoms with Crippen molar-refractivity contribution in [2.45, 2.75) is 47.1 Å². The molecule has 0 rings (SSSR count). The summed E-state index contributed by atoms with van der Waals surface area (Å²) in [5.41, 5.74) is -0.383. The highest BCUT2D eigenvalue weighted by atomic mass is 16.6. The summed E-state index contributed by atoms with van der Waals surface area (Å²) in [5.74, 6) is -0.147. The fourth-order valence-electron chi connectivity index (χ4n) is 0.865. The fourth-order valence-corrected chi connectivity index (χ4v) is 0.865. The molecule has 0 fully saturated rings. The maximum atomic E-state index is 11.5. The van der Waals surface area contributed by atoms with Crippen LogP contribution in [-0.4, -0.2) is 25.3 Å². The number of carbonyl (C=O) groups is 1. The van der Waals surface area contributed by atoms with Gasteiger partial charge in [0, 0.05) is 6.61 Å². The largest absolute Gasteiger partial charge is 0.463 e. The predicted octanol–water partition coefficient (Wildman–Crippen LogP) is 2.39. The third kappa shape index (κ3) is 4.61. The zero-order valence-corrected chi connectivity index (χ0v) is 9.92. The second-order valence-electron chi connectivity index (χ2n) is 4.10. The first-order valence-corrected chi connectivity index (χ1v) is 5.22. The van der Waals surface area contributed by atoms with E-state index in [1.165, 1.54) is 0 Å². The van der Waals surface area contributed by atoms with Crippen molar-refractivity contribution in [3.05, 3.63) is 0 Å². The van der Waals surface area contributed by atoms with Gasteiger partial charge in [-0.3, -0.25) is 4.79 Å². The first-order chi connectivity index (χ1) is 6.44. The molecule has 0 saturated carbocycles. The molecule has 0 N–H and O–H groups in total. The van der Waals surface area contributed by atoms with Gasteiger partial charge in [0.2, 0.25) is 0 Å². The van der Waals surface area contributed by atoms with E-state index >= 15 is 0 Å². The normalized spacial score (nSPS) is 13.8. The zero-order valence-electron chi connectivity index (χ0n) is 9.92. The molecule has 3 nitrogen and oxygen atoms in total. The summed E-state index contributed by atoms with van der Waals surface area (Å²) in [6.45, 7) is 10.6. The molecular weight excluding hydrogens is 180 g/mol. The van der Waals surface area contributed by atoms with Crippen LogP contribution >= 0.6 is 0 Å². The number of hydrogen-bond acceptors (Lipinski definition) is 3. The number of ether oxygens (including phenoxy) is 2. The van der Waals surface area contributed by atoms with Gasteiger partial charge in [-0.2, -0.15) is 0 Å². The molecule has 0 radical (unpaired) electrons. The summed E-state index contributed by atoms with van der Waals surface area (Å²) in [4.78, 5) is 11.5. The molecule has 0 aromatic heterocycles. The van der Waals surface area contributed by atoms with Gasteiger partial charge in [-0.15, -0.1) is 0 Å². The SMILES string of the molecule is CCOC(C)COC(=O)C(C)(C)CC. The molecule has 1 atom stereocenters. The van der Waals surface area contributed by atoms with Crippen molar-refractivity contribution in [2.75, 3.05) is 13.2 Å². The molecule has 14 heavy (non-hydrogen) atoms. The molecule has 0 aliphatic carbocycles. The second-order valence-corrected chi connectivity index (χ2v) is 4.10. The van der Waals surface area contributed by atoms with Crippen LogP contribution in [0.4, 0.5) is 0 Å². The lowest BCUT2D eigenvalue weighted by Crippen LogP contribution is -2.29. The van der Waals surface area contributed by atoms with E-state index in [2.05, 4.69) is 0 Å². The van der Waals surface area contributed by atoms with Crippen LogP contribution < -0.4 is 0 Å².